The van der Waals surface area contributed by atoms with E-state index in [2.05, 4.69) is 76.6 Å². The Kier molecular flexibility index (Phi) is 5.28. The summed E-state index contributed by atoms with van der Waals surface area (Å²) in [5, 5.41) is 4.45. The van der Waals surface area contributed by atoms with Crippen LogP contribution in [-0.2, 0) is 0 Å². The van der Waals surface area contributed by atoms with Crippen molar-refractivity contribution in [2.24, 2.45) is 0 Å². The van der Waals surface area contributed by atoms with Gasteiger partial charge in [-0.25, -0.2) is 4.98 Å². The van der Waals surface area contributed by atoms with Crippen molar-refractivity contribution in [3.8, 4) is 0 Å². The molecule has 0 unspecified atom stereocenters. The lowest BCUT2D eigenvalue weighted by Gasteiger charge is -2.28. The topological polar surface area (TPSA) is 46.0 Å². The number of benzene rings is 1. The summed E-state index contributed by atoms with van der Waals surface area (Å²) in [5.74, 6) is 0.647. The first kappa shape index (κ1) is 17.8. The monoisotopic (exact) mass is 362 g/mol. The molecule has 1 aromatic carbocycles. The van der Waals surface area contributed by atoms with E-state index in [0.717, 1.165) is 42.7 Å². The zero-order chi connectivity index (χ0) is 18.6. The Bertz CT molecular complexity index is 873. The maximum absolute atomic E-state index is 4.79. The number of aromatic nitrogens is 3. The molecule has 0 spiro atoms. The van der Waals surface area contributed by atoms with Gasteiger partial charge in [-0.15, -0.1) is 0 Å². The van der Waals surface area contributed by atoms with Crippen molar-refractivity contribution in [1.82, 2.24) is 14.5 Å². The van der Waals surface area contributed by atoms with E-state index in [9.17, 15) is 0 Å². The summed E-state index contributed by atoms with van der Waals surface area (Å²) in [5.41, 5.74) is 3.30. The predicted molar refractivity (Wildman–Crippen MR) is 113 cm³/mol. The molecule has 5 heteroatoms. The Labute approximate surface area is 161 Å². The average molecular weight is 363 g/mol. The average Bonchev–Trinajstić information content (AvgIpc) is 3.14. The summed E-state index contributed by atoms with van der Waals surface area (Å²) in [6.07, 6.45) is 10.9. The Morgan fingerprint density at radius 1 is 1.04 bits per heavy atom. The van der Waals surface area contributed by atoms with Gasteiger partial charge in [-0.05, 0) is 62.4 Å². The number of fused-ring (bicyclic) bond motifs is 1. The first-order valence-electron chi connectivity index (χ1n) is 10.1. The molecule has 1 fully saturated rings. The lowest BCUT2D eigenvalue weighted by molar-refractivity contribution is 0.483. The highest BCUT2D eigenvalue weighted by Gasteiger charge is 2.13. The number of anilines is 3. The smallest absolute Gasteiger partial charge is 0.229 e. The van der Waals surface area contributed by atoms with Crippen molar-refractivity contribution in [2.45, 2.75) is 45.6 Å². The predicted octanol–water partition coefficient (Wildman–Crippen LogP) is 5.34. The normalized spacial score (nSPS) is 14.9. The van der Waals surface area contributed by atoms with Crippen LogP contribution in [0.2, 0.25) is 0 Å². The van der Waals surface area contributed by atoms with E-state index in [1.165, 1.54) is 18.5 Å². The third kappa shape index (κ3) is 3.77. The van der Waals surface area contributed by atoms with Crippen LogP contribution in [0.25, 0.3) is 11.0 Å². The first-order chi connectivity index (χ1) is 13.3. The van der Waals surface area contributed by atoms with E-state index in [0.29, 0.717) is 12.0 Å². The van der Waals surface area contributed by atoms with Crippen LogP contribution in [0.4, 0.5) is 17.3 Å². The van der Waals surface area contributed by atoms with Crippen LogP contribution < -0.4 is 10.2 Å². The molecule has 1 aliphatic rings. The third-order valence-electron chi connectivity index (χ3n) is 5.49. The van der Waals surface area contributed by atoms with Crippen molar-refractivity contribution in [3.05, 3.63) is 49.1 Å². The Morgan fingerprint density at radius 3 is 2.48 bits per heavy atom. The summed E-state index contributed by atoms with van der Waals surface area (Å²) >= 11 is 0. The highest BCUT2D eigenvalue weighted by atomic mass is 15.2. The van der Waals surface area contributed by atoms with Crippen LogP contribution in [-0.4, -0.2) is 27.6 Å². The van der Waals surface area contributed by atoms with Gasteiger partial charge in [0, 0.05) is 48.3 Å². The Balaban J connectivity index is 1.53. The summed E-state index contributed by atoms with van der Waals surface area (Å²) in [6, 6.07) is 11.2. The number of hydrogen-bond acceptors (Lipinski definition) is 4. The van der Waals surface area contributed by atoms with E-state index < -0.39 is 0 Å². The van der Waals surface area contributed by atoms with Gasteiger partial charge in [0.25, 0.3) is 0 Å². The summed E-state index contributed by atoms with van der Waals surface area (Å²) < 4.78 is 2.28. The van der Waals surface area contributed by atoms with Gasteiger partial charge in [0.15, 0.2) is 0 Å². The molecule has 4 rings (SSSR count). The van der Waals surface area contributed by atoms with Gasteiger partial charge in [-0.3, -0.25) is 0 Å². The molecule has 1 N–H and O–H groups in total. The molecule has 3 aromatic rings. The molecule has 5 nitrogen and oxygen atoms in total. The quantitative estimate of drug-likeness (QED) is 0.643. The highest BCUT2D eigenvalue weighted by molar-refractivity contribution is 5.77. The summed E-state index contributed by atoms with van der Waals surface area (Å²) in [7, 11) is 0. The fraction of sp³-hybridized carbons (Fsp3) is 0.409. The summed E-state index contributed by atoms with van der Waals surface area (Å²) in [6.45, 7) is 6.67. The van der Waals surface area contributed by atoms with Crippen LogP contribution in [0.1, 0.15) is 45.6 Å². The van der Waals surface area contributed by atoms with Crippen molar-refractivity contribution in [3.63, 3.8) is 0 Å². The second kappa shape index (κ2) is 7.99. The fourth-order valence-corrected chi connectivity index (χ4v) is 3.87. The van der Waals surface area contributed by atoms with Crippen LogP contribution in [0.3, 0.4) is 0 Å². The molecule has 0 bridgehead atoms. The van der Waals surface area contributed by atoms with Gasteiger partial charge < -0.3 is 14.8 Å². The van der Waals surface area contributed by atoms with Crippen molar-refractivity contribution >= 4 is 28.4 Å². The maximum atomic E-state index is 4.79. The lowest BCUT2D eigenvalue weighted by Crippen LogP contribution is -2.29. The summed E-state index contributed by atoms with van der Waals surface area (Å²) in [4.78, 5) is 11.7. The van der Waals surface area contributed by atoms with Gasteiger partial charge >= 0.3 is 0 Å². The SMILES string of the molecule is CCC(CC)n1ccc2cnc(Nc3ccc(N4CC[CH]CC4)cc3)nc21. The van der Waals surface area contributed by atoms with Crippen LogP contribution >= 0.6 is 0 Å². The fourth-order valence-electron chi connectivity index (χ4n) is 3.87. The molecule has 141 valence electrons. The van der Waals surface area contributed by atoms with Gasteiger partial charge in [-0.1, -0.05) is 13.8 Å². The molecule has 1 radical (unpaired) electrons. The third-order valence-corrected chi connectivity index (χ3v) is 5.49. The maximum Gasteiger partial charge on any atom is 0.229 e. The minimum atomic E-state index is 0.478. The Morgan fingerprint density at radius 2 is 1.78 bits per heavy atom. The lowest BCUT2D eigenvalue weighted by atomic mass is 10.1. The Hall–Kier alpha value is -2.56. The van der Waals surface area contributed by atoms with Gasteiger partial charge in [-0.2, -0.15) is 4.98 Å². The molecule has 27 heavy (non-hydrogen) atoms. The van der Waals surface area contributed by atoms with Crippen LogP contribution in [0, 0.1) is 6.42 Å². The molecule has 2 aromatic heterocycles. The second-order valence-electron chi connectivity index (χ2n) is 7.19. The van der Waals surface area contributed by atoms with E-state index in [-0.39, 0.29) is 0 Å². The number of rotatable bonds is 6. The molecule has 0 aliphatic carbocycles. The molecule has 3 heterocycles. The molecule has 0 saturated carbocycles. The molecule has 0 amide bonds. The number of piperidine rings is 1. The minimum absolute atomic E-state index is 0.478. The van der Waals surface area contributed by atoms with E-state index in [1.54, 1.807) is 0 Å². The first-order valence-corrected chi connectivity index (χ1v) is 10.1. The van der Waals surface area contributed by atoms with Crippen molar-refractivity contribution in [2.75, 3.05) is 23.3 Å². The zero-order valence-electron chi connectivity index (χ0n) is 16.2. The van der Waals surface area contributed by atoms with Crippen LogP contribution in [0.5, 0.6) is 0 Å². The largest absolute Gasteiger partial charge is 0.372 e. The standard InChI is InChI=1S/C22H28N5/c1-3-19(4-2)27-15-12-17-16-23-22(25-21(17)27)24-18-8-10-20(11-9-18)26-13-6-5-7-14-26/h5,8-12,15-16,19H,3-4,6-7,13-14H2,1-2H3,(H,23,24,25). The molecular formula is C22H28N5. The molecule has 0 atom stereocenters. The van der Waals surface area contributed by atoms with Gasteiger partial charge in [0.2, 0.25) is 5.95 Å². The molecular weight excluding hydrogens is 334 g/mol. The minimum Gasteiger partial charge on any atom is -0.372 e. The van der Waals surface area contributed by atoms with Gasteiger partial charge in [0.05, 0.1) is 0 Å². The van der Waals surface area contributed by atoms with E-state index >= 15 is 0 Å². The zero-order valence-corrected chi connectivity index (χ0v) is 16.2. The highest BCUT2D eigenvalue weighted by Crippen LogP contribution is 2.25. The molecule has 1 aliphatic heterocycles. The van der Waals surface area contributed by atoms with Crippen molar-refractivity contribution < 1.29 is 0 Å². The molecule has 1 saturated heterocycles. The van der Waals surface area contributed by atoms with Gasteiger partial charge in [0.1, 0.15) is 5.65 Å². The number of hydrogen-bond donors (Lipinski definition) is 1. The van der Waals surface area contributed by atoms with Crippen LogP contribution in [0.15, 0.2) is 42.7 Å². The van der Waals surface area contributed by atoms with Crippen molar-refractivity contribution in [1.29, 1.82) is 0 Å². The number of nitrogens with one attached hydrogen (secondary N) is 1. The van der Waals surface area contributed by atoms with E-state index in [1.807, 2.05) is 6.20 Å². The van der Waals surface area contributed by atoms with E-state index in [4.69, 9.17) is 4.98 Å². The number of nitrogens with zero attached hydrogens (tertiary/aromatic N) is 4. The second-order valence-corrected chi connectivity index (χ2v) is 7.19.